The van der Waals surface area contributed by atoms with E-state index >= 15 is 0 Å². The highest BCUT2D eigenvalue weighted by molar-refractivity contribution is 5.39. The molecule has 0 spiro atoms. The highest BCUT2D eigenvalue weighted by Crippen LogP contribution is 2.22. The topological polar surface area (TPSA) is 18.5 Å². The van der Waals surface area contributed by atoms with Crippen molar-refractivity contribution in [3.05, 3.63) is 30.7 Å². The summed E-state index contributed by atoms with van der Waals surface area (Å²) < 4.78 is 10.7. The number of ether oxygens (including phenoxy) is 2. The molecule has 1 rings (SSSR count). The molecule has 0 saturated heterocycles. The zero-order chi connectivity index (χ0) is 10.4. The Hall–Kier alpha value is -1.18. The Morgan fingerprint density at radius 1 is 1.21 bits per heavy atom. The van der Waals surface area contributed by atoms with E-state index in [1.165, 1.54) is 0 Å². The zero-order valence-corrected chi connectivity index (χ0v) is 8.88. The van der Waals surface area contributed by atoms with Crippen LogP contribution in [0, 0.1) is 6.92 Å². The predicted octanol–water partition coefficient (Wildman–Crippen LogP) is 3.06. The standard InChI is InChI=1S/C12H17O2/c1-4-5-6-14-12-8-10(2)7-11(9-12)13-3/h7-9H,2,4-6H2,1,3H3. The molecule has 0 aliphatic carbocycles. The molecular weight excluding hydrogens is 176 g/mol. The first kappa shape index (κ1) is 10.9. The highest BCUT2D eigenvalue weighted by Gasteiger charge is 1.99. The molecule has 0 heterocycles. The van der Waals surface area contributed by atoms with E-state index < -0.39 is 0 Å². The summed E-state index contributed by atoms with van der Waals surface area (Å²) in [5.41, 5.74) is 0.913. The van der Waals surface area contributed by atoms with Gasteiger partial charge in [-0.2, -0.15) is 0 Å². The molecular formula is C12H17O2. The molecule has 1 radical (unpaired) electrons. The van der Waals surface area contributed by atoms with Gasteiger partial charge in [-0.1, -0.05) is 13.3 Å². The molecule has 0 N–H and O–H groups in total. The lowest BCUT2D eigenvalue weighted by atomic mass is 10.2. The minimum atomic E-state index is 0.753. The number of benzene rings is 1. The van der Waals surface area contributed by atoms with E-state index in [-0.39, 0.29) is 0 Å². The number of methoxy groups -OCH3 is 1. The van der Waals surface area contributed by atoms with E-state index in [9.17, 15) is 0 Å². The van der Waals surface area contributed by atoms with Crippen LogP contribution in [0.15, 0.2) is 18.2 Å². The Morgan fingerprint density at radius 3 is 2.57 bits per heavy atom. The van der Waals surface area contributed by atoms with Gasteiger partial charge in [-0.25, -0.2) is 0 Å². The van der Waals surface area contributed by atoms with E-state index in [0.717, 1.165) is 36.5 Å². The van der Waals surface area contributed by atoms with Gasteiger partial charge < -0.3 is 9.47 Å². The van der Waals surface area contributed by atoms with Crippen molar-refractivity contribution in [3.63, 3.8) is 0 Å². The third-order valence-corrected chi connectivity index (χ3v) is 1.94. The molecule has 0 fully saturated rings. The van der Waals surface area contributed by atoms with Gasteiger partial charge in [0.05, 0.1) is 13.7 Å². The third kappa shape index (κ3) is 3.29. The first-order chi connectivity index (χ1) is 6.76. The molecule has 0 atom stereocenters. The lowest BCUT2D eigenvalue weighted by Gasteiger charge is -2.08. The van der Waals surface area contributed by atoms with Crippen LogP contribution in [0.1, 0.15) is 25.3 Å². The lowest BCUT2D eigenvalue weighted by Crippen LogP contribution is -1.97. The maximum Gasteiger partial charge on any atom is 0.123 e. The molecule has 2 heteroatoms. The van der Waals surface area contributed by atoms with Crippen molar-refractivity contribution in [1.82, 2.24) is 0 Å². The van der Waals surface area contributed by atoms with E-state index in [1.54, 1.807) is 7.11 Å². The third-order valence-electron chi connectivity index (χ3n) is 1.94. The first-order valence-electron chi connectivity index (χ1n) is 4.90. The Labute approximate surface area is 85.8 Å². The van der Waals surface area contributed by atoms with Gasteiger partial charge in [0.15, 0.2) is 0 Å². The maximum atomic E-state index is 5.55. The molecule has 0 aliphatic heterocycles. The van der Waals surface area contributed by atoms with Crippen molar-refractivity contribution >= 4 is 0 Å². The lowest BCUT2D eigenvalue weighted by molar-refractivity contribution is 0.307. The molecule has 2 nitrogen and oxygen atoms in total. The summed E-state index contributed by atoms with van der Waals surface area (Å²) in [5.74, 6) is 1.63. The Kier molecular flexibility index (Phi) is 4.30. The van der Waals surface area contributed by atoms with Crippen molar-refractivity contribution in [2.24, 2.45) is 0 Å². The molecule has 0 unspecified atom stereocenters. The first-order valence-corrected chi connectivity index (χ1v) is 4.90. The average Bonchev–Trinajstić information content (AvgIpc) is 2.17. The summed E-state index contributed by atoms with van der Waals surface area (Å²) >= 11 is 0. The predicted molar refractivity (Wildman–Crippen MR) is 57.9 cm³/mol. The van der Waals surface area contributed by atoms with Gasteiger partial charge >= 0.3 is 0 Å². The Morgan fingerprint density at radius 2 is 1.93 bits per heavy atom. The number of unbranched alkanes of at least 4 members (excludes halogenated alkanes) is 1. The molecule has 0 aromatic heterocycles. The van der Waals surface area contributed by atoms with Crippen LogP contribution in [0.5, 0.6) is 11.5 Å². The number of hydrogen-bond acceptors (Lipinski definition) is 2. The minimum Gasteiger partial charge on any atom is -0.497 e. The molecule has 0 bridgehead atoms. The zero-order valence-electron chi connectivity index (χ0n) is 8.88. The molecule has 14 heavy (non-hydrogen) atoms. The van der Waals surface area contributed by atoms with Gasteiger partial charge in [0.25, 0.3) is 0 Å². The fourth-order valence-electron chi connectivity index (χ4n) is 1.17. The van der Waals surface area contributed by atoms with Crippen LogP contribution in [0.4, 0.5) is 0 Å². The van der Waals surface area contributed by atoms with Gasteiger partial charge in [-0.15, -0.1) is 0 Å². The average molecular weight is 193 g/mol. The summed E-state index contributed by atoms with van der Waals surface area (Å²) in [4.78, 5) is 0. The second-order valence-electron chi connectivity index (χ2n) is 3.22. The van der Waals surface area contributed by atoms with E-state index in [1.807, 2.05) is 18.2 Å². The maximum absolute atomic E-state index is 5.55. The van der Waals surface area contributed by atoms with Gasteiger partial charge in [0.2, 0.25) is 0 Å². The van der Waals surface area contributed by atoms with Crippen molar-refractivity contribution in [2.45, 2.75) is 19.8 Å². The van der Waals surface area contributed by atoms with Gasteiger partial charge in [-0.05, 0) is 31.0 Å². The number of hydrogen-bond donors (Lipinski definition) is 0. The second kappa shape index (κ2) is 5.53. The molecule has 0 saturated carbocycles. The SMILES string of the molecule is [CH2]c1cc(OC)cc(OCCCC)c1. The Balaban J connectivity index is 2.62. The van der Waals surface area contributed by atoms with Crippen LogP contribution < -0.4 is 9.47 Å². The van der Waals surface area contributed by atoms with Crippen LogP contribution in [-0.2, 0) is 0 Å². The highest BCUT2D eigenvalue weighted by atomic mass is 16.5. The summed E-state index contributed by atoms with van der Waals surface area (Å²) in [6.45, 7) is 6.75. The summed E-state index contributed by atoms with van der Waals surface area (Å²) in [6.07, 6.45) is 2.21. The van der Waals surface area contributed by atoms with Crippen molar-refractivity contribution in [2.75, 3.05) is 13.7 Å². The van der Waals surface area contributed by atoms with Crippen LogP contribution in [-0.4, -0.2) is 13.7 Å². The Bertz CT molecular complexity index is 282. The van der Waals surface area contributed by atoms with E-state index in [2.05, 4.69) is 13.8 Å². The van der Waals surface area contributed by atoms with E-state index in [4.69, 9.17) is 9.47 Å². The van der Waals surface area contributed by atoms with Gasteiger partial charge in [-0.3, -0.25) is 0 Å². The monoisotopic (exact) mass is 193 g/mol. The molecule has 1 aromatic carbocycles. The minimum absolute atomic E-state index is 0.753. The summed E-state index contributed by atoms with van der Waals surface area (Å²) in [6, 6.07) is 5.68. The molecule has 1 aromatic rings. The van der Waals surface area contributed by atoms with Gasteiger partial charge in [0.1, 0.15) is 11.5 Å². The fraction of sp³-hybridized carbons (Fsp3) is 0.417. The summed E-state index contributed by atoms with van der Waals surface area (Å²) in [7, 11) is 1.64. The smallest absolute Gasteiger partial charge is 0.123 e. The molecule has 77 valence electrons. The fourth-order valence-corrected chi connectivity index (χ4v) is 1.17. The van der Waals surface area contributed by atoms with Crippen LogP contribution in [0.25, 0.3) is 0 Å². The normalized spacial score (nSPS) is 9.93. The van der Waals surface area contributed by atoms with Crippen molar-refractivity contribution < 1.29 is 9.47 Å². The van der Waals surface area contributed by atoms with Crippen LogP contribution in [0.2, 0.25) is 0 Å². The molecule has 0 amide bonds. The van der Waals surface area contributed by atoms with Crippen LogP contribution in [0.3, 0.4) is 0 Å². The molecule has 0 aliphatic rings. The number of rotatable bonds is 5. The van der Waals surface area contributed by atoms with Crippen LogP contribution >= 0.6 is 0 Å². The van der Waals surface area contributed by atoms with Gasteiger partial charge in [0, 0.05) is 6.07 Å². The quantitative estimate of drug-likeness (QED) is 0.669. The van der Waals surface area contributed by atoms with Crippen molar-refractivity contribution in [3.8, 4) is 11.5 Å². The van der Waals surface area contributed by atoms with E-state index in [0.29, 0.717) is 0 Å². The summed E-state index contributed by atoms with van der Waals surface area (Å²) in [5, 5.41) is 0. The second-order valence-corrected chi connectivity index (χ2v) is 3.22. The van der Waals surface area contributed by atoms with Crippen molar-refractivity contribution in [1.29, 1.82) is 0 Å². The largest absolute Gasteiger partial charge is 0.497 e.